The van der Waals surface area contributed by atoms with Gasteiger partial charge in [-0.15, -0.1) is 0 Å². The van der Waals surface area contributed by atoms with E-state index in [0.29, 0.717) is 17.9 Å². The van der Waals surface area contributed by atoms with E-state index in [1.807, 2.05) is 18.2 Å². The van der Waals surface area contributed by atoms with E-state index in [-0.39, 0.29) is 5.97 Å². The largest absolute Gasteiger partial charge is 0.497 e. The molecule has 0 aliphatic carbocycles. The summed E-state index contributed by atoms with van der Waals surface area (Å²) in [6.07, 6.45) is 1.58. The van der Waals surface area contributed by atoms with Gasteiger partial charge in [-0.05, 0) is 34.0 Å². The molecule has 0 saturated carbocycles. The van der Waals surface area contributed by atoms with Crippen molar-refractivity contribution in [2.45, 2.75) is 6.92 Å². The van der Waals surface area contributed by atoms with Crippen molar-refractivity contribution in [3.05, 3.63) is 36.0 Å². The van der Waals surface area contributed by atoms with Crippen LogP contribution in [0.3, 0.4) is 0 Å². The smallest absolute Gasteiger partial charge is 0.340 e. The second-order valence-corrected chi connectivity index (χ2v) is 3.51. The lowest BCUT2D eigenvalue weighted by molar-refractivity contribution is -0.136. The van der Waals surface area contributed by atoms with Crippen LogP contribution in [0, 0.1) is 0 Å². The molecule has 1 rings (SSSR count). The molecule has 0 radical (unpaired) electrons. The average molecular weight is 253 g/mol. The Morgan fingerprint density at radius 1 is 1.53 bits per heavy atom. The third kappa shape index (κ3) is 3.75. The monoisotopic (exact) mass is 253 g/mol. The fourth-order valence-electron chi connectivity index (χ4n) is 1.34. The molecule has 0 spiro atoms. The third-order valence-electron chi connectivity index (χ3n) is 2.10. The van der Waals surface area contributed by atoms with Crippen LogP contribution in [0.25, 0.3) is 5.57 Å². The molecular formula is C12H16NO3P. The number of hydrogen-bond donors (Lipinski definition) is 1. The number of rotatable bonds is 5. The van der Waals surface area contributed by atoms with Crippen LogP contribution in [0.1, 0.15) is 12.5 Å². The summed E-state index contributed by atoms with van der Waals surface area (Å²) in [6, 6.07) is 7.25. The highest BCUT2D eigenvalue weighted by molar-refractivity contribution is 7.13. The van der Waals surface area contributed by atoms with Crippen molar-refractivity contribution in [2.75, 3.05) is 13.7 Å². The third-order valence-corrected chi connectivity index (χ3v) is 2.27. The molecule has 0 aliphatic rings. The molecule has 0 amide bonds. The fraction of sp³-hybridized carbons (Fsp3) is 0.250. The second-order valence-electron chi connectivity index (χ2n) is 3.18. The molecule has 0 fully saturated rings. The van der Waals surface area contributed by atoms with Gasteiger partial charge in [0.05, 0.1) is 19.3 Å². The van der Waals surface area contributed by atoms with Gasteiger partial charge in [0, 0.05) is 6.20 Å². The van der Waals surface area contributed by atoms with Crippen LogP contribution in [0.5, 0.6) is 5.75 Å². The minimum atomic E-state index is -0.365. The van der Waals surface area contributed by atoms with E-state index >= 15 is 0 Å². The lowest BCUT2D eigenvalue weighted by Crippen LogP contribution is -2.08. The first-order valence-electron chi connectivity index (χ1n) is 5.20. The molecule has 0 aliphatic heterocycles. The Morgan fingerprint density at radius 2 is 2.29 bits per heavy atom. The van der Waals surface area contributed by atoms with Crippen LogP contribution >= 0.6 is 9.39 Å². The molecule has 1 unspecified atom stereocenters. The Labute approximate surface area is 103 Å². The van der Waals surface area contributed by atoms with Gasteiger partial charge >= 0.3 is 5.97 Å². The minimum Gasteiger partial charge on any atom is -0.497 e. The van der Waals surface area contributed by atoms with Gasteiger partial charge in [-0.25, -0.2) is 4.79 Å². The first-order valence-corrected chi connectivity index (χ1v) is 5.78. The van der Waals surface area contributed by atoms with Gasteiger partial charge < -0.3 is 14.6 Å². The highest BCUT2D eigenvalue weighted by Gasteiger charge is 2.13. The normalized spacial score (nSPS) is 10.9. The van der Waals surface area contributed by atoms with E-state index in [9.17, 15) is 4.79 Å². The maximum atomic E-state index is 11.8. The number of hydrogen-bond acceptors (Lipinski definition) is 4. The summed E-state index contributed by atoms with van der Waals surface area (Å²) >= 11 is 0. The van der Waals surface area contributed by atoms with Crippen molar-refractivity contribution in [2.24, 2.45) is 0 Å². The van der Waals surface area contributed by atoms with Gasteiger partial charge in [-0.2, -0.15) is 0 Å². The Morgan fingerprint density at radius 3 is 2.88 bits per heavy atom. The molecule has 4 nitrogen and oxygen atoms in total. The van der Waals surface area contributed by atoms with Crippen LogP contribution in [-0.2, 0) is 9.53 Å². The summed E-state index contributed by atoms with van der Waals surface area (Å²) < 4.78 is 10.1. The van der Waals surface area contributed by atoms with Gasteiger partial charge in [0.25, 0.3) is 0 Å². The SMILES string of the molecule is CCOC(=O)/C(=C\NP)c1cccc(OC)c1. The van der Waals surface area contributed by atoms with Crippen molar-refractivity contribution in [1.29, 1.82) is 0 Å². The Bertz CT molecular complexity index is 418. The molecule has 0 aromatic heterocycles. The van der Waals surface area contributed by atoms with E-state index in [1.165, 1.54) is 0 Å². The zero-order valence-corrected chi connectivity index (χ0v) is 11.1. The molecular weight excluding hydrogens is 237 g/mol. The lowest BCUT2D eigenvalue weighted by atomic mass is 10.1. The molecule has 17 heavy (non-hydrogen) atoms. The molecule has 1 aromatic carbocycles. The first kappa shape index (κ1) is 13.5. The van der Waals surface area contributed by atoms with Gasteiger partial charge in [-0.3, -0.25) is 0 Å². The topological polar surface area (TPSA) is 47.6 Å². The Hall–Kier alpha value is -1.54. The van der Waals surface area contributed by atoms with E-state index in [1.54, 1.807) is 26.3 Å². The summed E-state index contributed by atoms with van der Waals surface area (Å²) in [4.78, 5) is 11.8. The van der Waals surface area contributed by atoms with Crippen LogP contribution in [0.15, 0.2) is 30.5 Å². The summed E-state index contributed by atoms with van der Waals surface area (Å²) in [6.45, 7) is 2.12. The average Bonchev–Trinajstić information content (AvgIpc) is 2.36. The number of esters is 1. The summed E-state index contributed by atoms with van der Waals surface area (Å²) in [7, 11) is 3.90. The van der Waals surface area contributed by atoms with Gasteiger partial charge in [0.1, 0.15) is 5.75 Å². The molecule has 0 bridgehead atoms. The summed E-state index contributed by atoms with van der Waals surface area (Å²) in [5.41, 5.74) is 1.21. The second kappa shape index (κ2) is 6.92. The molecule has 5 heteroatoms. The first-order chi connectivity index (χ1) is 8.22. The van der Waals surface area contributed by atoms with Crippen molar-refractivity contribution in [3.8, 4) is 5.75 Å². The number of benzene rings is 1. The number of carbonyl (C=O) groups excluding carboxylic acids is 1. The van der Waals surface area contributed by atoms with Crippen molar-refractivity contribution < 1.29 is 14.3 Å². The van der Waals surface area contributed by atoms with Crippen LogP contribution in [-0.4, -0.2) is 19.7 Å². The molecule has 92 valence electrons. The number of nitrogens with one attached hydrogen (secondary N) is 1. The summed E-state index contributed by atoms with van der Waals surface area (Å²) in [5.74, 6) is 0.331. The Kier molecular flexibility index (Phi) is 5.50. The van der Waals surface area contributed by atoms with E-state index < -0.39 is 0 Å². The van der Waals surface area contributed by atoms with E-state index in [0.717, 1.165) is 5.56 Å². The standard InChI is InChI=1S/C12H16NO3P/c1-3-16-12(14)11(8-13-17)9-5-4-6-10(7-9)15-2/h4-8,13H,3,17H2,1-2H3/b11-8-. The molecule has 1 atom stereocenters. The zero-order chi connectivity index (χ0) is 12.7. The van der Waals surface area contributed by atoms with Gasteiger partial charge in [0.2, 0.25) is 0 Å². The maximum absolute atomic E-state index is 11.8. The predicted octanol–water partition coefficient (Wildman–Crippen LogP) is 1.98. The lowest BCUT2D eigenvalue weighted by Gasteiger charge is -2.08. The summed E-state index contributed by atoms with van der Waals surface area (Å²) in [5, 5.41) is 2.76. The zero-order valence-electron chi connectivity index (χ0n) is 9.90. The highest BCUT2D eigenvalue weighted by Crippen LogP contribution is 2.21. The highest BCUT2D eigenvalue weighted by atomic mass is 31.0. The van der Waals surface area contributed by atoms with Crippen LogP contribution < -0.4 is 9.82 Å². The van der Waals surface area contributed by atoms with Gasteiger partial charge in [-0.1, -0.05) is 12.1 Å². The predicted molar refractivity (Wildman–Crippen MR) is 70.4 cm³/mol. The number of carbonyl (C=O) groups is 1. The minimum absolute atomic E-state index is 0.344. The van der Waals surface area contributed by atoms with E-state index in [2.05, 4.69) is 14.5 Å². The number of ether oxygens (including phenoxy) is 2. The van der Waals surface area contributed by atoms with Crippen LogP contribution in [0.4, 0.5) is 0 Å². The molecule has 1 N–H and O–H groups in total. The fourth-order valence-corrected chi connectivity index (χ4v) is 1.51. The number of methoxy groups -OCH3 is 1. The van der Waals surface area contributed by atoms with Crippen molar-refractivity contribution >= 4 is 20.9 Å². The van der Waals surface area contributed by atoms with E-state index in [4.69, 9.17) is 9.47 Å². The molecule has 0 saturated heterocycles. The van der Waals surface area contributed by atoms with Crippen LogP contribution in [0.2, 0.25) is 0 Å². The van der Waals surface area contributed by atoms with Gasteiger partial charge in [0.15, 0.2) is 0 Å². The maximum Gasteiger partial charge on any atom is 0.340 e. The Balaban J connectivity index is 3.05. The molecule has 0 heterocycles. The quantitative estimate of drug-likeness (QED) is 0.495. The van der Waals surface area contributed by atoms with Crippen molar-refractivity contribution in [3.63, 3.8) is 0 Å². The molecule has 1 aromatic rings. The van der Waals surface area contributed by atoms with Crippen molar-refractivity contribution in [1.82, 2.24) is 5.09 Å².